The Hall–Kier alpha value is -3.54. The fraction of sp³-hybridized carbons (Fsp3) is 0.409. The van der Waals surface area contributed by atoms with Gasteiger partial charge in [0.2, 0.25) is 0 Å². The topological polar surface area (TPSA) is 107 Å². The van der Waals surface area contributed by atoms with Gasteiger partial charge >= 0.3 is 0 Å². The first-order chi connectivity index (χ1) is 25.0. The number of phenolic OH excluding ortho intramolecular Hbond substituents is 2. The number of hydrogen-bond donors (Lipinski definition) is 2. The van der Waals surface area contributed by atoms with Crippen LogP contribution in [0.15, 0.2) is 87.7 Å². The molecule has 284 valence electrons. The molecule has 4 aromatic carbocycles. The molecule has 1 heterocycles. The van der Waals surface area contributed by atoms with Gasteiger partial charge in [-0.2, -0.15) is 10.5 Å². The molecule has 5 rings (SSSR count). The molecule has 0 radical (unpaired) electrons. The third-order valence-electron chi connectivity index (χ3n) is 9.03. The standard InChI is InChI=1S/C44H50N2O4S4/c1-41(2,3)25-17-29-37(47)31(19-25)52-33-21-27(43(7,8)9)23-35(39(33)49-15-13-45)54-36-24-28(44(10,11)12)22-34(40(36)50-16-14-46)53-32-20-26(42(4,5)6)18-30(51-29)38(32)48/h17-24,47-48H,15-16H2,1-12H3. The van der Waals surface area contributed by atoms with Crippen LogP contribution in [0.25, 0.3) is 0 Å². The van der Waals surface area contributed by atoms with E-state index in [2.05, 4.69) is 119 Å². The summed E-state index contributed by atoms with van der Waals surface area (Å²) in [4.78, 5) is 5.56. The monoisotopic (exact) mass is 798 g/mol. The number of nitriles is 2. The molecule has 10 heteroatoms. The highest BCUT2D eigenvalue weighted by Gasteiger charge is 2.29. The van der Waals surface area contributed by atoms with Crippen LogP contribution in [-0.4, -0.2) is 23.4 Å². The molecule has 0 unspecified atom stereocenters. The van der Waals surface area contributed by atoms with Crippen molar-refractivity contribution >= 4 is 47.0 Å². The molecule has 0 aromatic heterocycles. The Bertz CT molecular complexity index is 2020. The second-order valence-corrected chi connectivity index (χ2v) is 21.9. The average molecular weight is 799 g/mol. The quantitative estimate of drug-likeness (QED) is 0.182. The zero-order valence-corrected chi connectivity index (χ0v) is 36.5. The maximum absolute atomic E-state index is 12.1. The zero-order valence-electron chi connectivity index (χ0n) is 33.3. The van der Waals surface area contributed by atoms with Crippen molar-refractivity contribution in [2.75, 3.05) is 13.2 Å². The van der Waals surface area contributed by atoms with Gasteiger partial charge in [-0.15, -0.1) is 0 Å². The minimum atomic E-state index is -0.255. The first-order valence-electron chi connectivity index (χ1n) is 17.8. The lowest BCUT2D eigenvalue weighted by Crippen LogP contribution is -2.13. The largest absolute Gasteiger partial charge is 0.506 e. The molecule has 0 spiro atoms. The average Bonchev–Trinajstić information content (AvgIpc) is 3.04. The normalized spacial score (nSPS) is 13.5. The first kappa shape index (κ1) is 41.6. The second-order valence-electron chi connectivity index (χ2n) is 17.5. The van der Waals surface area contributed by atoms with Crippen molar-refractivity contribution in [3.8, 4) is 35.1 Å². The minimum absolute atomic E-state index is 0.105. The molecule has 54 heavy (non-hydrogen) atoms. The molecular formula is C44H50N2O4S4. The van der Waals surface area contributed by atoms with Gasteiger partial charge in [-0.05, 0) is 92.4 Å². The van der Waals surface area contributed by atoms with Crippen molar-refractivity contribution in [1.29, 1.82) is 10.5 Å². The lowest BCUT2D eigenvalue weighted by atomic mass is 9.87. The Kier molecular flexibility index (Phi) is 12.0. The third-order valence-corrected chi connectivity index (χ3v) is 13.2. The van der Waals surface area contributed by atoms with Crippen molar-refractivity contribution in [1.82, 2.24) is 0 Å². The van der Waals surface area contributed by atoms with Crippen LogP contribution in [0.4, 0.5) is 0 Å². The summed E-state index contributed by atoms with van der Waals surface area (Å²) in [5, 5.41) is 43.6. The summed E-state index contributed by atoms with van der Waals surface area (Å²) in [5.41, 5.74) is 3.14. The van der Waals surface area contributed by atoms with Gasteiger partial charge in [0.15, 0.2) is 13.2 Å². The maximum atomic E-state index is 12.1. The maximum Gasteiger partial charge on any atom is 0.174 e. The molecule has 1 aliphatic rings. The minimum Gasteiger partial charge on any atom is -0.506 e. The Morgan fingerprint density at radius 2 is 0.630 bits per heavy atom. The molecule has 0 fully saturated rings. The molecular weight excluding hydrogens is 749 g/mol. The van der Waals surface area contributed by atoms with Gasteiger partial charge in [0, 0.05) is 0 Å². The van der Waals surface area contributed by atoms with Gasteiger partial charge < -0.3 is 19.7 Å². The molecule has 0 saturated heterocycles. The van der Waals surface area contributed by atoms with Gasteiger partial charge in [-0.25, -0.2) is 0 Å². The van der Waals surface area contributed by atoms with Crippen molar-refractivity contribution in [2.24, 2.45) is 0 Å². The highest BCUT2D eigenvalue weighted by molar-refractivity contribution is 8.01. The summed E-state index contributed by atoms with van der Waals surface area (Å²) in [5.74, 6) is 1.27. The third kappa shape index (κ3) is 9.28. The second kappa shape index (κ2) is 15.5. The molecule has 0 atom stereocenters. The van der Waals surface area contributed by atoms with Gasteiger partial charge in [0.25, 0.3) is 0 Å². The van der Waals surface area contributed by atoms with Crippen LogP contribution in [0.1, 0.15) is 105 Å². The van der Waals surface area contributed by atoms with Crippen LogP contribution in [0.5, 0.6) is 23.0 Å². The molecule has 4 aromatic rings. The molecule has 1 aliphatic heterocycles. The molecule has 0 amide bonds. The van der Waals surface area contributed by atoms with Crippen molar-refractivity contribution in [2.45, 2.75) is 144 Å². The number of benzene rings is 4. The van der Waals surface area contributed by atoms with Crippen molar-refractivity contribution in [3.05, 3.63) is 70.8 Å². The SMILES string of the molecule is CC(C)(C)c1cc2c(O)c(c1)Sc1cc(C(C)(C)C)cc(c1OCC#N)Sc1cc(C(C)(C)C)cc(c1OCC#N)Sc1cc(C(C)(C)C)cc(c1O)S2. The molecule has 8 bridgehead atoms. The number of rotatable bonds is 4. The van der Waals surface area contributed by atoms with Gasteiger partial charge in [0.1, 0.15) is 35.1 Å². The fourth-order valence-electron chi connectivity index (χ4n) is 5.63. The van der Waals surface area contributed by atoms with Crippen LogP contribution in [-0.2, 0) is 21.7 Å². The van der Waals surface area contributed by atoms with Crippen LogP contribution >= 0.6 is 47.0 Å². The molecule has 0 aliphatic carbocycles. The summed E-state index contributed by atoms with van der Waals surface area (Å²) in [6.07, 6.45) is 0. The molecule has 6 nitrogen and oxygen atoms in total. The van der Waals surface area contributed by atoms with E-state index >= 15 is 0 Å². The van der Waals surface area contributed by atoms with Crippen LogP contribution in [0.3, 0.4) is 0 Å². The Labute approximate surface area is 338 Å². The number of fused-ring (bicyclic) bond motifs is 8. The van der Waals surface area contributed by atoms with E-state index in [9.17, 15) is 20.7 Å². The highest BCUT2D eigenvalue weighted by atomic mass is 32.2. The summed E-state index contributed by atoms with van der Waals surface area (Å²) >= 11 is 5.60. The summed E-state index contributed by atoms with van der Waals surface area (Å²) in [6, 6.07) is 20.7. The summed E-state index contributed by atoms with van der Waals surface area (Å²) in [6.45, 7) is 25.4. The van der Waals surface area contributed by atoms with E-state index in [0.29, 0.717) is 31.1 Å². The predicted octanol–water partition coefficient (Wildman–Crippen LogP) is 13.0. The van der Waals surface area contributed by atoms with Gasteiger partial charge in [-0.3, -0.25) is 0 Å². The van der Waals surface area contributed by atoms with E-state index in [-0.39, 0.29) is 46.4 Å². The Balaban J connectivity index is 1.96. The van der Waals surface area contributed by atoms with Gasteiger partial charge in [-0.1, -0.05) is 130 Å². The van der Waals surface area contributed by atoms with E-state index in [1.165, 1.54) is 47.0 Å². The highest BCUT2D eigenvalue weighted by Crippen LogP contribution is 2.55. The Morgan fingerprint density at radius 1 is 0.426 bits per heavy atom. The Morgan fingerprint density at radius 3 is 0.852 bits per heavy atom. The number of nitrogens with zero attached hydrogens (tertiary/aromatic N) is 2. The molecule has 0 saturated carbocycles. The van der Waals surface area contributed by atoms with E-state index in [1.807, 2.05) is 24.3 Å². The lowest BCUT2D eigenvalue weighted by Gasteiger charge is -2.27. The van der Waals surface area contributed by atoms with E-state index < -0.39 is 0 Å². The zero-order chi connectivity index (χ0) is 40.0. The smallest absolute Gasteiger partial charge is 0.174 e. The predicted molar refractivity (Wildman–Crippen MR) is 223 cm³/mol. The first-order valence-corrected chi connectivity index (χ1v) is 21.1. The van der Waals surface area contributed by atoms with Crippen LogP contribution < -0.4 is 9.47 Å². The fourth-order valence-corrected chi connectivity index (χ4v) is 10.2. The molecule has 2 N–H and O–H groups in total. The van der Waals surface area contributed by atoms with Crippen LogP contribution in [0, 0.1) is 22.7 Å². The summed E-state index contributed by atoms with van der Waals surface area (Å²) in [7, 11) is 0. The van der Waals surface area contributed by atoms with Gasteiger partial charge in [0.05, 0.1) is 39.2 Å². The lowest BCUT2D eigenvalue weighted by molar-refractivity contribution is 0.347. The van der Waals surface area contributed by atoms with Crippen LogP contribution in [0.2, 0.25) is 0 Å². The van der Waals surface area contributed by atoms with Crippen molar-refractivity contribution in [3.63, 3.8) is 0 Å². The number of hydrogen-bond acceptors (Lipinski definition) is 10. The van der Waals surface area contributed by atoms with Crippen molar-refractivity contribution < 1.29 is 19.7 Å². The number of aromatic hydroxyl groups is 2. The number of ether oxygens (including phenoxy) is 2. The number of phenols is 2. The van der Waals surface area contributed by atoms with E-state index in [0.717, 1.165) is 41.8 Å². The van der Waals surface area contributed by atoms with E-state index in [4.69, 9.17) is 9.47 Å². The summed E-state index contributed by atoms with van der Waals surface area (Å²) < 4.78 is 12.6. The van der Waals surface area contributed by atoms with E-state index in [1.54, 1.807) is 0 Å².